The van der Waals surface area contributed by atoms with Crippen LogP contribution in [-0.2, 0) is 21.2 Å². The molecule has 0 radical (unpaired) electrons. The van der Waals surface area contributed by atoms with Crippen molar-refractivity contribution in [2.24, 2.45) is 0 Å². The van der Waals surface area contributed by atoms with Gasteiger partial charge < -0.3 is 5.32 Å². The summed E-state index contributed by atoms with van der Waals surface area (Å²) in [5.41, 5.74) is 1.95. The molecule has 0 aromatic heterocycles. The quantitative estimate of drug-likeness (QED) is 0.816. The molecule has 0 aliphatic carbocycles. The minimum Gasteiger partial charge on any atom is -0.352 e. The van der Waals surface area contributed by atoms with Gasteiger partial charge in [-0.25, -0.2) is 8.42 Å². The Morgan fingerprint density at radius 3 is 2.48 bits per heavy atom. The fraction of sp³-hybridized carbons (Fsp3) is 0.235. The number of hydrogen-bond acceptors (Lipinski definition) is 3. The summed E-state index contributed by atoms with van der Waals surface area (Å²) >= 11 is 3.36. The molecular formula is C17H18BrNO3S. The van der Waals surface area contributed by atoms with Gasteiger partial charge in [0, 0.05) is 17.4 Å². The maximum absolute atomic E-state index is 12.2. The fourth-order valence-electron chi connectivity index (χ4n) is 2.03. The SMILES string of the molecule is Cc1ccc(S(=O)(=O)CCC(=O)NCc2cccc(Br)c2)cc1. The third-order valence-electron chi connectivity index (χ3n) is 3.36. The lowest BCUT2D eigenvalue weighted by Gasteiger charge is -2.07. The molecule has 23 heavy (non-hydrogen) atoms. The lowest BCUT2D eigenvalue weighted by molar-refractivity contribution is -0.120. The lowest BCUT2D eigenvalue weighted by atomic mass is 10.2. The van der Waals surface area contributed by atoms with Gasteiger partial charge in [0.05, 0.1) is 10.6 Å². The van der Waals surface area contributed by atoms with Gasteiger partial charge in [-0.05, 0) is 36.8 Å². The molecule has 2 rings (SSSR count). The number of halogens is 1. The molecule has 122 valence electrons. The van der Waals surface area contributed by atoms with Gasteiger partial charge in [-0.2, -0.15) is 0 Å². The van der Waals surface area contributed by atoms with Crippen LogP contribution < -0.4 is 5.32 Å². The molecule has 0 saturated carbocycles. The van der Waals surface area contributed by atoms with E-state index in [9.17, 15) is 13.2 Å². The van der Waals surface area contributed by atoms with Crippen molar-refractivity contribution in [1.82, 2.24) is 5.32 Å². The molecule has 4 nitrogen and oxygen atoms in total. The van der Waals surface area contributed by atoms with E-state index in [1.165, 1.54) is 0 Å². The molecule has 2 aromatic carbocycles. The van der Waals surface area contributed by atoms with E-state index in [4.69, 9.17) is 0 Å². The fourth-order valence-corrected chi connectivity index (χ4v) is 3.71. The topological polar surface area (TPSA) is 63.2 Å². The highest BCUT2D eigenvalue weighted by Gasteiger charge is 2.16. The second kappa shape index (κ2) is 7.75. The van der Waals surface area contributed by atoms with Crippen LogP contribution in [0.15, 0.2) is 57.9 Å². The van der Waals surface area contributed by atoms with Crippen LogP contribution in [0.2, 0.25) is 0 Å². The summed E-state index contributed by atoms with van der Waals surface area (Å²) in [6, 6.07) is 14.2. The number of carbonyl (C=O) groups is 1. The Labute approximate surface area is 145 Å². The molecule has 2 aromatic rings. The summed E-state index contributed by atoms with van der Waals surface area (Å²) in [6.45, 7) is 2.27. The Morgan fingerprint density at radius 1 is 1.13 bits per heavy atom. The number of benzene rings is 2. The zero-order chi connectivity index (χ0) is 16.9. The maximum Gasteiger partial charge on any atom is 0.221 e. The number of amides is 1. The number of sulfone groups is 1. The van der Waals surface area contributed by atoms with Crippen LogP contribution in [0.4, 0.5) is 0 Å². The number of nitrogens with one attached hydrogen (secondary N) is 1. The van der Waals surface area contributed by atoms with Crippen LogP contribution in [0.3, 0.4) is 0 Å². The van der Waals surface area contributed by atoms with E-state index < -0.39 is 9.84 Å². The minimum atomic E-state index is -3.43. The second-order valence-corrected chi connectivity index (χ2v) is 8.31. The molecule has 0 bridgehead atoms. The average molecular weight is 396 g/mol. The van der Waals surface area contributed by atoms with Gasteiger partial charge in [0.2, 0.25) is 5.91 Å². The summed E-state index contributed by atoms with van der Waals surface area (Å²) in [6.07, 6.45) is -0.0514. The van der Waals surface area contributed by atoms with Crippen molar-refractivity contribution in [3.63, 3.8) is 0 Å². The van der Waals surface area contributed by atoms with Crippen molar-refractivity contribution >= 4 is 31.7 Å². The molecule has 0 fully saturated rings. The standard InChI is InChI=1S/C17H18BrNO3S/c1-13-5-7-16(8-6-13)23(21,22)10-9-17(20)19-12-14-3-2-4-15(18)11-14/h2-8,11H,9-10,12H2,1H3,(H,19,20). The molecule has 1 N–H and O–H groups in total. The smallest absolute Gasteiger partial charge is 0.221 e. The van der Waals surface area contributed by atoms with E-state index in [0.29, 0.717) is 6.54 Å². The third-order valence-corrected chi connectivity index (χ3v) is 5.58. The molecule has 0 aliphatic rings. The summed E-state index contributed by atoms with van der Waals surface area (Å²) in [5.74, 6) is -0.471. The van der Waals surface area contributed by atoms with Crippen molar-refractivity contribution in [2.75, 3.05) is 5.75 Å². The second-order valence-electron chi connectivity index (χ2n) is 5.29. The highest BCUT2D eigenvalue weighted by Crippen LogP contribution is 2.13. The average Bonchev–Trinajstić information content (AvgIpc) is 2.51. The largest absolute Gasteiger partial charge is 0.352 e. The number of carbonyl (C=O) groups excluding carboxylic acids is 1. The summed E-state index contributed by atoms with van der Waals surface area (Å²) < 4.78 is 25.3. The Bertz CT molecular complexity index is 786. The molecule has 0 saturated heterocycles. The van der Waals surface area contributed by atoms with E-state index in [1.807, 2.05) is 31.2 Å². The number of aryl methyl sites for hydroxylation is 1. The van der Waals surface area contributed by atoms with E-state index >= 15 is 0 Å². The van der Waals surface area contributed by atoms with Crippen LogP contribution in [0.1, 0.15) is 17.5 Å². The zero-order valence-corrected chi connectivity index (χ0v) is 15.2. The van der Waals surface area contributed by atoms with Gasteiger partial charge >= 0.3 is 0 Å². The molecule has 0 aliphatic heterocycles. The maximum atomic E-state index is 12.2. The van der Waals surface area contributed by atoms with Gasteiger partial charge in [0.1, 0.15) is 0 Å². The Kier molecular flexibility index (Phi) is 5.96. The van der Waals surface area contributed by atoms with Gasteiger partial charge in [-0.15, -0.1) is 0 Å². The van der Waals surface area contributed by atoms with Gasteiger partial charge in [-0.3, -0.25) is 4.79 Å². The molecular weight excluding hydrogens is 378 g/mol. The molecule has 6 heteroatoms. The van der Waals surface area contributed by atoms with Gasteiger partial charge in [-0.1, -0.05) is 45.8 Å². The monoisotopic (exact) mass is 395 g/mol. The van der Waals surface area contributed by atoms with E-state index in [2.05, 4.69) is 21.2 Å². The molecule has 0 unspecified atom stereocenters. The first kappa shape index (κ1) is 17.7. The number of rotatable bonds is 6. The molecule has 1 amide bonds. The highest BCUT2D eigenvalue weighted by atomic mass is 79.9. The van der Waals surface area contributed by atoms with Crippen molar-refractivity contribution in [2.45, 2.75) is 24.8 Å². The van der Waals surface area contributed by atoms with Crippen molar-refractivity contribution in [1.29, 1.82) is 0 Å². The van der Waals surface area contributed by atoms with Crippen molar-refractivity contribution < 1.29 is 13.2 Å². The van der Waals surface area contributed by atoms with E-state index in [-0.39, 0.29) is 23.0 Å². The summed E-state index contributed by atoms with van der Waals surface area (Å²) in [5, 5.41) is 2.74. The summed E-state index contributed by atoms with van der Waals surface area (Å²) in [7, 11) is -3.43. The Hall–Kier alpha value is -1.66. The Morgan fingerprint density at radius 2 is 1.83 bits per heavy atom. The molecule has 0 atom stereocenters. The first-order chi connectivity index (χ1) is 10.9. The van der Waals surface area contributed by atoms with Crippen molar-refractivity contribution in [3.8, 4) is 0 Å². The molecule has 0 heterocycles. The van der Waals surface area contributed by atoms with Crippen LogP contribution in [-0.4, -0.2) is 20.1 Å². The third kappa shape index (κ3) is 5.48. The van der Waals surface area contributed by atoms with E-state index in [1.54, 1.807) is 24.3 Å². The predicted molar refractivity (Wildman–Crippen MR) is 93.8 cm³/mol. The minimum absolute atomic E-state index is 0.0514. The summed E-state index contributed by atoms with van der Waals surface area (Å²) in [4.78, 5) is 12.1. The number of hydrogen-bond donors (Lipinski definition) is 1. The van der Waals surface area contributed by atoms with Crippen molar-refractivity contribution in [3.05, 3.63) is 64.1 Å². The predicted octanol–water partition coefficient (Wildman–Crippen LogP) is 3.24. The first-order valence-corrected chi connectivity index (χ1v) is 9.62. The molecule has 0 spiro atoms. The van der Waals surface area contributed by atoms with Gasteiger partial charge in [0.25, 0.3) is 0 Å². The van der Waals surface area contributed by atoms with Crippen LogP contribution >= 0.6 is 15.9 Å². The van der Waals surface area contributed by atoms with Crippen LogP contribution in [0, 0.1) is 6.92 Å². The van der Waals surface area contributed by atoms with Crippen LogP contribution in [0.5, 0.6) is 0 Å². The van der Waals surface area contributed by atoms with E-state index in [0.717, 1.165) is 15.6 Å². The first-order valence-electron chi connectivity index (χ1n) is 7.17. The Balaban J connectivity index is 1.87. The van der Waals surface area contributed by atoms with Gasteiger partial charge in [0.15, 0.2) is 9.84 Å². The normalized spacial score (nSPS) is 11.2. The zero-order valence-electron chi connectivity index (χ0n) is 12.8. The lowest BCUT2D eigenvalue weighted by Crippen LogP contribution is -2.25. The van der Waals surface area contributed by atoms with Crippen LogP contribution in [0.25, 0.3) is 0 Å². The highest BCUT2D eigenvalue weighted by molar-refractivity contribution is 9.10.